The zero-order valence-electron chi connectivity index (χ0n) is 13.7. The van der Waals surface area contributed by atoms with E-state index in [2.05, 4.69) is 5.32 Å². The van der Waals surface area contributed by atoms with Gasteiger partial charge < -0.3 is 11.1 Å². The molecule has 1 heterocycles. The van der Waals surface area contributed by atoms with Gasteiger partial charge in [-0.05, 0) is 38.3 Å². The van der Waals surface area contributed by atoms with Gasteiger partial charge in [0.15, 0.2) is 0 Å². The second-order valence-corrected chi connectivity index (χ2v) is 7.96. The van der Waals surface area contributed by atoms with E-state index in [4.69, 9.17) is 5.73 Å². The highest BCUT2D eigenvalue weighted by Crippen LogP contribution is 2.26. The summed E-state index contributed by atoms with van der Waals surface area (Å²) in [5.41, 5.74) is 7.15. The van der Waals surface area contributed by atoms with Crippen molar-refractivity contribution in [2.24, 2.45) is 11.7 Å². The van der Waals surface area contributed by atoms with Crippen LogP contribution in [0.3, 0.4) is 0 Å². The molecule has 1 atom stereocenters. The Labute approximate surface area is 138 Å². The van der Waals surface area contributed by atoms with Crippen LogP contribution in [0.5, 0.6) is 0 Å². The molecule has 128 valence electrons. The van der Waals surface area contributed by atoms with Crippen molar-refractivity contribution >= 4 is 15.9 Å². The van der Waals surface area contributed by atoms with E-state index >= 15 is 0 Å². The number of aryl methyl sites for hydroxylation is 2. The number of carbonyl (C=O) groups excluding carboxylic acids is 1. The first-order chi connectivity index (χ1) is 10.9. The molecule has 0 aliphatic carbocycles. The second kappa shape index (κ2) is 7.42. The van der Waals surface area contributed by atoms with Gasteiger partial charge in [0.2, 0.25) is 15.9 Å². The van der Waals surface area contributed by atoms with Crippen molar-refractivity contribution in [2.45, 2.75) is 31.6 Å². The highest BCUT2D eigenvalue weighted by Gasteiger charge is 2.33. The average molecular weight is 339 g/mol. The van der Waals surface area contributed by atoms with Crippen LogP contribution in [0.4, 0.5) is 0 Å². The molecule has 0 bridgehead atoms. The van der Waals surface area contributed by atoms with Gasteiger partial charge in [-0.2, -0.15) is 4.31 Å². The minimum absolute atomic E-state index is 0.115. The summed E-state index contributed by atoms with van der Waals surface area (Å²) in [6.07, 6.45) is 1.39. The molecular weight excluding hydrogens is 314 g/mol. The number of hydrogen-bond donors (Lipinski definition) is 2. The lowest BCUT2D eigenvalue weighted by atomic mass is 9.99. The lowest BCUT2D eigenvalue weighted by molar-refractivity contribution is -0.126. The van der Waals surface area contributed by atoms with Crippen LogP contribution < -0.4 is 11.1 Å². The molecule has 0 radical (unpaired) electrons. The number of nitrogens with one attached hydrogen (secondary N) is 1. The van der Waals surface area contributed by atoms with Gasteiger partial charge in [0.05, 0.1) is 10.8 Å². The fourth-order valence-electron chi connectivity index (χ4n) is 2.94. The van der Waals surface area contributed by atoms with Crippen molar-refractivity contribution < 1.29 is 13.2 Å². The Kier molecular flexibility index (Phi) is 5.78. The number of hydrogen-bond acceptors (Lipinski definition) is 4. The van der Waals surface area contributed by atoms with Crippen molar-refractivity contribution in [3.8, 4) is 0 Å². The maximum Gasteiger partial charge on any atom is 0.243 e. The average Bonchev–Trinajstić information content (AvgIpc) is 2.52. The summed E-state index contributed by atoms with van der Waals surface area (Å²) in [5.74, 6) is -0.424. The van der Waals surface area contributed by atoms with Crippen molar-refractivity contribution in [1.82, 2.24) is 9.62 Å². The molecule has 23 heavy (non-hydrogen) atoms. The number of nitrogens with zero attached hydrogens (tertiary/aromatic N) is 1. The van der Waals surface area contributed by atoms with Crippen LogP contribution in [0.1, 0.15) is 24.0 Å². The van der Waals surface area contributed by atoms with Gasteiger partial charge >= 0.3 is 0 Å². The molecule has 1 aromatic carbocycles. The van der Waals surface area contributed by atoms with Crippen molar-refractivity contribution in [1.29, 1.82) is 0 Å². The van der Waals surface area contributed by atoms with Gasteiger partial charge in [-0.3, -0.25) is 4.79 Å². The fraction of sp³-hybridized carbons (Fsp3) is 0.562. The molecule has 1 saturated heterocycles. The zero-order chi connectivity index (χ0) is 17.0. The molecule has 1 aromatic rings. The zero-order valence-corrected chi connectivity index (χ0v) is 14.5. The minimum atomic E-state index is -3.57. The lowest BCUT2D eigenvalue weighted by Crippen LogP contribution is -2.46. The largest absolute Gasteiger partial charge is 0.355 e. The van der Waals surface area contributed by atoms with Gasteiger partial charge in [-0.25, -0.2) is 8.42 Å². The van der Waals surface area contributed by atoms with Crippen LogP contribution in [0.2, 0.25) is 0 Å². The summed E-state index contributed by atoms with van der Waals surface area (Å²) in [6, 6.07) is 5.32. The summed E-state index contributed by atoms with van der Waals surface area (Å²) < 4.78 is 27.2. The maximum atomic E-state index is 12.9. The maximum absolute atomic E-state index is 12.9. The Hall–Kier alpha value is -1.44. The highest BCUT2D eigenvalue weighted by atomic mass is 32.2. The quantitative estimate of drug-likeness (QED) is 0.829. The summed E-state index contributed by atoms with van der Waals surface area (Å²) in [5, 5.41) is 2.75. The van der Waals surface area contributed by atoms with Crippen LogP contribution in [-0.2, 0) is 14.8 Å². The van der Waals surface area contributed by atoms with E-state index in [1.165, 1.54) is 4.31 Å². The minimum Gasteiger partial charge on any atom is -0.355 e. The first-order valence-electron chi connectivity index (χ1n) is 7.91. The van der Waals surface area contributed by atoms with Gasteiger partial charge in [-0.1, -0.05) is 17.7 Å². The fourth-order valence-corrected chi connectivity index (χ4v) is 4.67. The SMILES string of the molecule is Cc1ccc(S(=O)(=O)N2CCCC(C(=O)NCCN)C2)c(C)c1. The Bertz CT molecular complexity index is 673. The van der Waals surface area contributed by atoms with Crippen molar-refractivity contribution in [2.75, 3.05) is 26.2 Å². The third-order valence-electron chi connectivity index (χ3n) is 4.15. The van der Waals surface area contributed by atoms with Crippen LogP contribution in [0.15, 0.2) is 23.1 Å². The Morgan fingerprint density at radius 1 is 1.39 bits per heavy atom. The first kappa shape index (κ1) is 17.9. The van der Waals surface area contributed by atoms with E-state index < -0.39 is 10.0 Å². The van der Waals surface area contributed by atoms with E-state index in [0.717, 1.165) is 11.1 Å². The first-order valence-corrected chi connectivity index (χ1v) is 9.35. The number of carbonyl (C=O) groups is 1. The number of nitrogens with two attached hydrogens (primary N) is 1. The molecule has 0 spiro atoms. The molecule has 1 aliphatic rings. The molecule has 6 nitrogen and oxygen atoms in total. The standard InChI is InChI=1S/C16H25N3O3S/c1-12-5-6-15(13(2)10-12)23(21,22)19-9-3-4-14(11-19)16(20)18-8-7-17/h5-6,10,14H,3-4,7-9,11,17H2,1-2H3,(H,18,20). The predicted octanol–water partition coefficient (Wildman–Crippen LogP) is 0.779. The topological polar surface area (TPSA) is 92.5 Å². The second-order valence-electron chi connectivity index (χ2n) is 6.05. The summed E-state index contributed by atoms with van der Waals surface area (Å²) >= 11 is 0. The number of benzene rings is 1. The Morgan fingerprint density at radius 3 is 2.78 bits per heavy atom. The lowest BCUT2D eigenvalue weighted by Gasteiger charge is -2.31. The molecule has 1 fully saturated rings. The van der Waals surface area contributed by atoms with E-state index in [1.807, 2.05) is 13.0 Å². The molecule has 1 unspecified atom stereocenters. The predicted molar refractivity (Wildman–Crippen MR) is 89.5 cm³/mol. The van der Waals surface area contributed by atoms with E-state index in [9.17, 15) is 13.2 Å². The van der Waals surface area contributed by atoms with Crippen molar-refractivity contribution in [3.63, 3.8) is 0 Å². The van der Waals surface area contributed by atoms with Gasteiger partial charge in [0.1, 0.15) is 0 Å². The van der Waals surface area contributed by atoms with E-state index in [-0.39, 0.29) is 18.4 Å². The molecule has 2 rings (SSSR count). The van der Waals surface area contributed by atoms with E-state index in [1.54, 1.807) is 19.1 Å². The van der Waals surface area contributed by atoms with Crippen LogP contribution >= 0.6 is 0 Å². The van der Waals surface area contributed by atoms with E-state index in [0.29, 0.717) is 37.4 Å². The monoisotopic (exact) mass is 339 g/mol. The van der Waals surface area contributed by atoms with Gasteiger partial charge in [0, 0.05) is 26.2 Å². The van der Waals surface area contributed by atoms with Gasteiger partial charge in [0.25, 0.3) is 0 Å². The normalized spacial score (nSPS) is 19.5. The Morgan fingerprint density at radius 2 is 2.13 bits per heavy atom. The Balaban J connectivity index is 2.18. The molecule has 1 amide bonds. The summed E-state index contributed by atoms with van der Waals surface area (Å²) in [4.78, 5) is 12.4. The van der Waals surface area contributed by atoms with Crippen LogP contribution in [-0.4, -0.2) is 44.8 Å². The number of piperidine rings is 1. The molecule has 0 saturated carbocycles. The highest BCUT2D eigenvalue weighted by molar-refractivity contribution is 7.89. The number of rotatable bonds is 5. The third kappa shape index (κ3) is 4.10. The smallest absolute Gasteiger partial charge is 0.243 e. The van der Waals surface area contributed by atoms with Gasteiger partial charge in [-0.15, -0.1) is 0 Å². The number of sulfonamides is 1. The third-order valence-corrected chi connectivity index (χ3v) is 6.17. The molecule has 3 N–H and O–H groups in total. The molecular formula is C16H25N3O3S. The molecule has 1 aliphatic heterocycles. The van der Waals surface area contributed by atoms with Crippen LogP contribution in [0.25, 0.3) is 0 Å². The van der Waals surface area contributed by atoms with Crippen LogP contribution in [0, 0.1) is 19.8 Å². The molecule has 7 heteroatoms. The number of amides is 1. The summed E-state index contributed by atoms with van der Waals surface area (Å²) in [7, 11) is -3.57. The molecule has 0 aromatic heterocycles. The summed E-state index contributed by atoms with van der Waals surface area (Å²) in [6.45, 7) is 5.21. The van der Waals surface area contributed by atoms with Crippen molar-refractivity contribution in [3.05, 3.63) is 29.3 Å².